The van der Waals surface area contributed by atoms with Crippen LogP contribution in [-0.2, 0) is 0 Å². The van der Waals surface area contributed by atoms with Crippen molar-refractivity contribution in [1.82, 2.24) is 0 Å². The summed E-state index contributed by atoms with van der Waals surface area (Å²) in [5.41, 5.74) is 8.20. The van der Waals surface area contributed by atoms with E-state index in [0.29, 0.717) is 0 Å². The first-order chi connectivity index (χ1) is 26.8. The number of hydrogen-bond acceptors (Lipinski definition) is 2. The Bertz CT molecular complexity index is 3210. The van der Waals surface area contributed by atoms with E-state index in [9.17, 15) is 0 Å². The molecule has 0 atom stereocenters. The minimum absolute atomic E-state index is 1.12. The molecule has 0 spiro atoms. The minimum Gasteiger partial charge on any atom is -0.310 e. The van der Waals surface area contributed by atoms with E-state index in [0.717, 1.165) is 17.1 Å². The van der Waals surface area contributed by atoms with Gasteiger partial charge in [0.1, 0.15) is 0 Å². The first-order valence-corrected chi connectivity index (χ1v) is 19.3. The van der Waals surface area contributed by atoms with Crippen LogP contribution in [0.4, 0.5) is 17.1 Å². The number of hydrogen-bond donors (Lipinski definition) is 0. The van der Waals surface area contributed by atoms with Crippen molar-refractivity contribution in [2.24, 2.45) is 0 Å². The van der Waals surface area contributed by atoms with Crippen LogP contribution in [0.1, 0.15) is 0 Å². The monoisotopic (exact) mass is 703 g/mol. The third kappa shape index (κ3) is 4.99. The Labute approximate surface area is 317 Å². The number of rotatable bonds is 5. The van der Waals surface area contributed by atoms with E-state index in [-0.39, 0.29) is 0 Å². The van der Waals surface area contributed by atoms with Gasteiger partial charge in [0.15, 0.2) is 0 Å². The maximum atomic E-state index is 2.43. The van der Waals surface area contributed by atoms with Gasteiger partial charge >= 0.3 is 0 Å². The number of anilines is 3. The summed E-state index contributed by atoms with van der Waals surface area (Å²) >= 11 is 1.87. The SMILES string of the molecule is c1ccc(-c2cccc(N(c3ccc(-c4ccc5ccc6c7ccccc7ccc6c5c4)cc3)c3cccc4c3ccc3sc5ccccc5c34)c2)cc1. The predicted molar refractivity (Wildman–Crippen MR) is 235 cm³/mol. The van der Waals surface area contributed by atoms with Gasteiger partial charge in [0.05, 0.1) is 5.69 Å². The molecule has 0 amide bonds. The number of nitrogens with zero attached hydrogens (tertiary/aromatic N) is 1. The quantitative estimate of drug-likeness (QED) is 0.161. The van der Waals surface area contributed by atoms with Gasteiger partial charge in [-0.25, -0.2) is 0 Å². The molecule has 0 saturated heterocycles. The zero-order valence-corrected chi connectivity index (χ0v) is 30.2. The fraction of sp³-hybridized carbons (Fsp3) is 0. The van der Waals surface area contributed by atoms with E-state index < -0.39 is 0 Å². The molecule has 1 heterocycles. The Morgan fingerprint density at radius 2 is 0.907 bits per heavy atom. The summed E-state index contributed by atoms with van der Waals surface area (Å²) in [6.07, 6.45) is 0. The lowest BCUT2D eigenvalue weighted by atomic mass is 9.94. The van der Waals surface area contributed by atoms with E-state index >= 15 is 0 Å². The molecule has 11 rings (SSSR count). The Kier molecular flexibility index (Phi) is 7.11. The summed E-state index contributed by atoms with van der Waals surface area (Å²) in [5.74, 6) is 0. The molecule has 0 aliphatic heterocycles. The Hall–Kier alpha value is -6.74. The molecule has 11 aromatic rings. The third-order valence-corrected chi connectivity index (χ3v) is 12.2. The van der Waals surface area contributed by atoms with Crippen molar-refractivity contribution in [3.63, 3.8) is 0 Å². The van der Waals surface area contributed by atoms with Gasteiger partial charge in [-0.1, -0.05) is 152 Å². The topological polar surface area (TPSA) is 3.24 Å². The van der Waals surface area contributed by atoms with Gasteiger partial charge in [0.2, 0.25) is 0 Å². The molecule has 54 heavy (non-hydrogen) atoms. The fourth-order valence-corrected chi connectivity index (χ4v) is 9.56. The summed E-state index contributed by atoms with van der Waals surface area (Å²) in [7, 11) is 0. The number of thiophene rings is 1. The van der Waals surface area contributed by atoms with Crippen LogP contribution in [-0.4, -0.2) is 0 Å². The smallest absolute Gasteiger partial charge is 0.0540 e. The third-order valence-electron chi connectivity index (χ3n) is 11.0. The highest BCUT2D eigenvalue weighted by molar-refractivity contribution is 7.26. The molecule has 0 bridgehead atoms. The maximum Gasteiger partial charge on any atom is 0.0540 e. The highest BCUT2D eigenvalue weighted by atomic mass is 32.1. The van der Waals surface area contributed by atoms with Crippen LogP contribution in [0.15, 0.2) is 200 Å². The van der Waals surface area contributed by atoms with Crippen molar-refractivity contribution in [2.75, 3.05) is 4.90 Å². The molecule has 0 aliphatic rings. The van der Waals surface area contributed by atoms with Gasteiger partial charge in [0, 0.05) is 36.9 Å². The average Bonchev–Trinajstić information content (AvgIpc) is 3.63. The van der Waals surface area contributed by atoms with Crippen LogP contribution >= 0.6 is 11.3 Å². The van der Waals surface area contributed by atoms with Gasteiger partial charge in [-0.2, -0.15) is 0 Å². The lowest BCUT2D eigenvalue weighted by Crippen LogP contribution is -2.10. The van der Waals surface area contributed by atoms with Gasteiger partial charge in [0.25, 0.3) is 0 Å². The molecule has 0 N–H and O–H groups in total. The van der Waals surface area contributed by atoms with E-state index in [1.165, 1.54) is 85.5 Å². The normalized spacial score (nSPS) is 11.7. The van der Waals surface area contributed by atoms with Gasteiger partial charge in [-0.3, -0.25) is 0 Å². The predicted octanol–water partition coefficient (Wildman–Crippen LogP) is 15.5. The Morgan fingerprint density at radius 1 is 0.296 bits per heavy atom. The van der Waals surface area contributed by atoms with E-state index in [4.69, 9.17) is 0 Å². The molecule has 252 valence electrons. The number of fused-ring (bicyclic) bond motifs is 10. The van der Waals surface area contributed by atoms with Crippen LogP contribution in [0.25, 0.3) is 85.5 Å². The van der Waals surface area contributed by atoms with Gasteiger partial charge in [-0.15, -0.1) is 11.3 Å². The molecule has 0 aliphatic carbocycles. The second-order valence-corrected chi connectivity index (χ2v) is 15.2. The molecule has 0 fully saturated rings. The van der Waals surface area contributed by atoms with Crippen molar-refractivity contribution in [3.8, 4) is 22.3 Å². The van der Waals surface area contributed by atoms with Gasteiger partial charge in [-0.05, 0) is 108 Å². The van der Waals surface area contributed by atoms with Crippen LogP contribution in [0.5, 0.6) is 0 Å². The maximum absolute atomic E-state index is 2.43. The van der Waals surface area contributed by atoms with E-state index in [1.54, 1.807) is 0 Å². The molecular weight excluding hydrogens is 671 g/mol. The van der Waals surface area contributed by atoms with Crippen molar-refractivity contribution >= 4 is 91.7 Å². The Balaban J connectivity index is 1.07. The zero-order chi connectivity index (χ0) is 35.6. The summed E-state index contributed by atoms with van der Waals surface area (Å²) in [6.45, 7) is 0. The second kappa shape index (κ2) is 12.4. The standard InChI is InChI=1S/C52H33NS/c1-2-10-34(11-3-1)38-13-8-14-41(32-38)53(49-18-9-17-46-45(49)30-31-51-52(46)47-16-6-7-19-50(47)54-51)40-26-22-35(23-27-40)39-21-20-37-25-28-43-42-15-5-4-12-36(42)24-29-44(43)48(37)33-39/h1-33H. The second-order valence-electron chi connectivity index (χ2n) is 14.1. The first-order valence-electron chi connectivity index (χ1n) is 18.5. The van der Waals surface area contributed by atoms with Crippen LogP contribution in [0.3, 0.4) is 0 Å². The van der Waals surface area contributed by atoms with Crippen molar-refractivity contribution < 1.29 is 0 Å². The average molecular weight is 704 g/mol. The highest BCUT2D eigenvalue weighted by Gasteiger charge is 2.19. The number of benzene rings is 10. The van der Waals surface area contributed by atoms with Gasteiger partial charge < -0.3 is 4.90 Å². The van der Waals surface area contributed by atoms with Crippen LogP contribution < -0.4 is 4.90 Å². The molecule has 0 saturated carbocycles. The molecule has 1 aromatic heterocycles. The summed E-state index contributed by atoms with van der Waals surface area (Å²) in [6, 6.07) is 73.5. The molecule has 0 unspecified atom stereocenters. The molecule has 0 radical (unpaired) electrons. The van der Waals surface area contributed by atoms with Crippen LogP contribution in [0, 0.1) is 0 Å². The molecule has 2 heteroatoms. The first kappa shape index (κ1) is 30.8. The van der Waals surface area contributed by atoms with E-state index in [2.05, 4.69) is 205 Å². The summed E-state index contributed by atoms with van der Waals surface area (Å²) in [5, 5.41) is 12.9. The molecule has 1 nitrogen and oxygen atoms in total. The summed E-state index contributed by atoms with van der Waals surface area (Å²) in [4.78, 5) is 2.43. The van der Waals surface area contributed by atoms with E-state index in [1.807, 2.05) is 11.3 Å². The summed E-state index contributed by atoms with van der Waals surface area (Å²) < 4.78 is 2.64. The van der Waals surface area contributed by atoms with Crippen LogP contribution in [0.2, 0.25) is 0 Å². The fourth-order valence-electron chi connectivity index (χ4n) is 8.44. The lowest BCUT2D eigenvalue weighted by molar-refractivity contribution is 1.30. The van der Waals surface area contributed by atoms with Crippen molar-refractivity contribution in [1.29, 1.82) is 0 Å². The highest BCUT2D eigenvalue weighted by Crippen LogP contribution is 2.45. The molecular formula is C52H33NS. The largest absolute Gasteiger partial charge is 0.310 e. The van der Waals surface area contributed by atoms with Crippen molar-refractivity contribution in [2.45, 2.75) is 0 Å². The zero-order valence-electron chi connectivity index (χ0n) is 29.4. The minimum atomic E-state index is 1.12. The van der Waals surface area contributed by atoms with Crippen molar-refractivity contribution in [3.05, 3.63) is 200 Å². The lowest BCUT2D eigenvalue weighted by Gasteiger charge is -2.27. The molecule has 10 aromatic carbocycles. The Morgan fingerprint density at radius 3 is 1.78 bits per heavy atom.